The third-order valence-electron chi connectivity index (χ3n) is 4.47. The maximum absolute atomic E-state index is 12.9. The van der Waals surface area contributed by atoms with Crippen molar-refractivity contribution in [3.8, 4) is 0 Å². The van der Waals surface area contributed by atoms with E-state index in [9.17, 15) is 8.42 Å². The van der Waals surface area contributed by atoms with Gasteiger partial charge in [0.25, 0.3) is 10.2 Å². The second-order valence-corrected chi connectivity index (χ2v) is 8.76. The zero-order valence-electron chi connectivity index (χ0n) is 14.1. The molecule has 0 saturated carbocycles. The first-order valence-corrected chi connectivity index (χ1v) is 10.1. The molecule has 0 radical (unpaired) electrons. The standard InChI is InChI=1S/C16H24ClN3O3S/c1-13-11-20(12-14(2)23-13)24(21,22)19-9-7-18(8-10-19)16-6-4-3-5-15(16)17/h3-6,13-14H,7-12H2,1-2H3/t13-,14-/m1/s1. The normalized spacial score (nSPS) is 27.4. The number of halogens is 1. The number of ether oxygens (including phenoxy) is 1. The van der Waals surface area contributed by atoms with E-state index in [0.717, 1.165) is 5.69 Å². The van der Waals surface area contributed by atoms with Gasteiger partial charge in [-0.05, 0) is 26.0 Å². The van der Waals surface area contributed by atoms with Crippen molar-refractivity contribution in [2.24, 2.45) is 0 Å². The van der Waals surface area contributed by atoms with E-state index in [2.05, 4.69) is 4.90 Å². The molecule has 0 bridgehead atoms. The van der Waals surface area contributed by atoms with Gasteiger partial charge < -0.3 is 9.64 Å². The van der Waals surface area contributed by atoms with Crippen LogP contribution >= 0.6 is 11.6 Å². The van der Waals surface area contributed by atoms with E-state index >= 15 is 0 Å². The zero-order valence-corrected chi connectivity index (χ0v) is 15.6. The molecule has 0 amide bonds. The van der Waals surface area contributed by atoms with Crippen molar-refractivity contribution in [3.63, 3.8) is 0 Å². The lowest BCUT2D eigenvalue weighted by atomic mass is 10.2. The molecule has 134 valence electrons. The number of nitrogens with zero attached hydrogens (tertiary/aromatic N) is 3. The fourth-order valence-electron chi connectivity index (χ4n) is 3.35. The van der Waals surface area contributed by atoms with Gasteiger partial charge in [-0.15, -0.1) is 0 Å². The number of morpholine rings is 1. The maximum atomic E-state index is 12.9. The fourth-order valence-corrected chi connectivity index (χ4v) is 5.35. The van der Waals surface area contributed by atoms with Gasteiger partial charge in [0, 0.05) is 39.3 Å². The van der Waals surface area contributed by atoms with Gasteiger partial charge in [-0.25, -0.2) is 0 Å². The molecule has 0 aromatic heterocycles. The Morgan fingerprint density at radius 1 is 1.00 bits per heavy atom. The van der Waals surface area contributed by atoms with Crippen LogP contribution in [0.25, 0.3) is 0 Å². The van der Waals surface area contributed by atoms with E-state index in [0.29, 0.717) is 44.3 Å². The van der Waals surface area contributed by atoms with Crippen LogP contribution in [0.5, 0.6) is 0 Å². The molecular formula is C16H24ClN3O3S. The maximum Gasteiger partial charge on any atom is 0.282 e. The highest BCUT2D eigenvalue weighted by molar-refractivity contribution is 7.86. The summed E-state index contributed by atoms with van der Waals surface area (Å²) in [4.78, 5) is 2.14. The van der Waals surface area contributed by atoms with Crippen LogP contribution in [0.2, 0.25) is 5.02 Å². The molecule has 2 saturated heterocycles. The molecule has 0 unspecified atom stereocenters. The van der Waals surface area contributed by atoms with Crippen LogP contribution in [-0.4, -0.2) is 68.5 Å². The first-order chi connectivity index (χ1) is 11.4. The smallest absolute Gasteiger partial charge is 0.282 e. The van der Waals surface area contributed by atoms with E-state index < -0.39 is 10.2 Å². The van der Waals surface area contributed by atoms with E-state index in [1.54, 1.807) is 8.61 Å². The molecule has 0 spiro atoms. The van der Waals surface area contributed by atoms with Gasteiger partial charge in [-0.2, -0.15) is 17.0 Å². The highest BCUT2D eigenvalue weighted by atomic mass is 35.5. The molecule has 0 aliphatic carbocycles. The van der Waals surface area contributed by atoms with Crippen molar-refractivity contribution >= 4 is 27.5 Å². The second-order valence-electron chi connectivity index (χ2n) is 6.42. The molecule has 2 heterocycles. The second kappa shape index (κ2) is 7.17. The Morgan fingerprint density at radius 3 is 2.17 bits per heavy atom. The molecule has 6 nitrogen and oxygen atoms in total. The topological polar surface area (TPSA) is 53.1 Å². The summed E-state index contributed by atoms with van der Waals surface area (Å²) in [5.41, 5.74) is 0.963. The molecule has 2 fully saturated rings. The van der Waals surface area contributed by atoms with Gasteiger partial charge in [0.2, 0.25) is 0 Å². The van der Waals surface area contributed by atoms with Gasteiger partial charge in [0.15, 0.2) is 0 Å². The summed E-state index contributed by atoms with van der Waals surface area (Å²) in [6.45, 7) is 6.86. The van der Waals surface area contributed by atoms with Crippen LogP contribution in [0, 0.1) is 0 Å². The Balaban J connectivity index is 1.66. The van der Waals surface area contributed by atoms with Crippen LogP contribution < -0.4 is 4.90 Å². The Kier molecular flexibility index (Phi) is 5.36. The fraction of sp³-hybridized carbons (Fsp3) is 0.625. The minimum Gasteiger partial charge on any atom is -0.373 e. The third kappa shape index (κ3) is 3.70. The largest absolute Gasteiger partial charge is 0.373 e. The first kappa shape index (κ1) is 17.9. The van der Waals surface area contributed by atoms with E-state index in [4.69, 9.17) is 16.3 Å². The summed E-state index contributed by atoms with van der Waals surface area (Å²) in [5.74, 6) is 0. The Morgan fingerprint density at radius 2 is 1.58 bits per heavy atom. The van der Waals surface area contributed by atoms with E-state index in [-0.39, 0.29) is 12.2 Å². The Bertz CT molecular complexity index is 667. The Hall–Kier alpha value is -0.860. The van der Waals surface area contributed by atoms with Crippen molar-refractivity contribution in [2.75, 3.05) is 44.2 Å². The average molecular weight is 374 g/mol. The van der Waals surface area contributed by atoms with Gasteiger partial charge in [0.05, 0.1) is 22.9 Å². The minimum absolute atomic E-state index is 0.0760. The predicted molar refractivity (Wildman–Crippen MR) is 95.7 cm³/mol. The molecule has 2 aliphatic heterocycles. The van der Waals surface area contributed by atoms with Crippen LogP contribution in [-0.2, 0) is 14.9 Å². The summed E-state index contributed by atoms with van der Waals surface area (Å²) >= 11 is 6.24. The van der Waals surface area contributed by atoms with Gasteiger partial charge in [-0.3, -0.25) is 0 Å². The third-order valence-corrected chi connectivity index (χ3v) is 6.76. The van der Waals surface area contributed by atoms with Crippen LogP contribution in [0.15, 0.2) is 24.3 Å². The van der Waals surface area contributed by atoms with Gasteiger partial charge in [-0.1, -0.05) is 23.7 Å². The van der Waals surface area contributed by atoms with Crippen LogP contribution in [0.4, 0.5) is 5.69 Å². The average Bonchev–Trinajstić information content (AvgIpc) is 2.54. The van der Waals surface area contributed by atoms with Crippen molar-refractivity contribution in [3.05, 3.63) is 29.3 Å². The van der Waals surface area contributed by atoms with Crippen molar-refractivity contribution in [1.82, 2.24) is 8.61 Å². The predicted octanol–water partition coefficient (Wildman–Crippen LogP) is 1.82. The quantitative estimate of drug-likeness (QED) is 0.811. The molecule has 8 heteroatoms. The number of rotatable bonds is 3. The minimum atomic E-state index is -3.44. The molecular weight excluding hydrogens is 350 g/mol. The van der Waals surface area contributed by atoms with Crippen LogP contribution in [0.3, 0.4) is 0 Å². The molecule has 24 heavy (non-hydrogen) atoms. The monoisotopic (exact) mass is 373 g/mol. The SMILES string of the molecule is C[C@@H]1CN(S(=O)(=O)N2CCN(c3ccccc3Cl)CC2)C[C@@H](C)O1. The van der Waals surface area contributed by atoms with E-state index in [1.165, 1.54) is 0 Å². The molecule has 0 N–H and O–H groups in total. The van der Waals surface area contributed by atoms with Crippen molar-refractivity contribution in [1.29, 1.82) is 0 Å². The molecule has 3 rings (SSSR count). The lowest BCUT2D eigenvalue weighted by molar-refractivity contribution is -0.0455. The zero-order chi connectivity index (χ0) is 17.3. The van der Waals surface area contributed by atoms with Crippen molar-refractivity contribution < 1.29 is 13.2 Å². The lowest BCUT2D eigenvalue weighted by Gasteiger charge is -2.40. The number of hydrogen-bond acceptors (Lipinski definition) is 4. The van der Waals surface area contributed by atoms with Crippen molar-refractivity contribution in [2.45, 2.75) is 26.1 Å². The first-order valence-electron chi connectivity index (χ1n) is 8.28. The summed E-state index contributed by atoms with van der Waals surface area (Å²) in [5, 5.41) is 0.699. The Labute approximate surface area is 149 Å². The highest BCUT2D eigenvalue weighted by Crippen LogP contribution is 2.27. The summed E-state index contributed by atoms with van der Waals surface area (Å²) in [6.07, 6.45) is -0.152. The lowest BCUT2D eigenvalue weighted by Crippen LogP contribution is -2.57. The van der Waals surface area contributed by atoms with Gasteiger partial charge in [0.1, 0.15) is 0 Å². The number of hydrogen-bond donors (Lipinski definition) is 0. The van der Waals surface area contributed by atoms with Gasteiger partial charge >= 0.3 is 0 Å². The summed E-state index contributed by atoms with van der Waals surface area (Å²) < 4.78 is 34.6. The number of anilines is 1. The number of piperazine rings is 1. The molecule has 2 aliphatic rings. The molecule has 2 atom stereocenters. The van der Waals surface area contributed by atoms with E-state index in [1.807, 2.05) is 38.1 Å². The highest BCUT2D eigenvalue weighted by Gasteiger charge is 2.36. The summed E-state index contributed by atoms with van der Waals surface area (Å²) in [6, 6.07) is 7.67. The molecule has 1 aromatic carbocycles. The number of benzene rings is 1. The van der Waals surface area contributed by atoms with Crippen LogP contribution in [0.1, 0.15) is 13.8 Å². The number of para-hydroxylation sites is 1. The summed E-state index contributed by atoms with van der Waals surface area (Å²) in [7, 11) is -3.44. The molecule has 1 aromatic rings.